The molecule has 0 aliphatic carbocycles. The lowest BCUT2D eigenvalue weighted by Crippen LogP contribution is -1.94. The first-order chi connectivity index (χ1) is 7.81. The Morgan fingerprint density at radius 1 is 1.00 bits per heavy atom. The van der Waals surface area contributed by atoms with Crippen LogP contribution in [0.15, 0.2) is 36.4 Å². The quantitative estimate of drug-likeness (QED) is 0.750. The van der Waals surface area contributed by atoms with Gasteiger partial charge < -0.3 is 10.5 Å². The van der Waals surface area contributed by atoms with E-state index in [-0.39, 0.29) is 5.97 Å². The standard InChI is InChI=1S/C6H6.C4H8O2.C2H6.CH5N/c1-2-4-6-5-3-1;1-3-4(5)6-2;2*1-2/h1-6H;3H2,1-2H3;1-2H3;2H2,1H3. The molecule has 0 saturated carbocycles. The molecule has 0 atom stereocenters. The number of carbonyl (C=O) groups excluding carboxylic acids is 1. The lowest BCUT2D eigenvalue weighted by Gasteiger charge is -1.87. The number of nitrogens with two attached hydrogens (primary N) is 1. The van der Waals surface area contributed by atoms with Crippen LogP contribution in [0.4, 0.5) is 0 Å². The Morgan fingerprint density at radius 2 is 1.25 bits per heavy atom. The summed E-state index contributed by atoms with van der Waals surface area (Å²) in [7, 11) is 2.88. The second-order valence-electron chi connectivity index (χ2n) is 2.08. The normalized spacial score (nSPS) is 6.62. The summed E-state index contributed by atoms with van der Waals surface area (Å²) in [6, 6.07) is 12.0. The van der Waals surface area contributed by atoms with E-state index < -0.39 is 0 Å². The molecule has 2 N–H and O–H groups in total. The fourth-order valence-electron chi connectivity index (χ4n) is 0.529. The summed E-state index contributed by atoms with van der Waals surface area (Å²) < 4.78 is 4.26. The predicted octanol–water partition coefficient (Wildman–Crippen LogP) is 2.86. The van der Waals surface area contributed by atoms with Gasteiger partial charge in [0.2, 0.25) is 0 Å². The van der Waals surface area contributed by atoms with Gasteiger partial charge in [0.25, 0.3) is 0 Å². The number of hydrogen-bond donors (Lipinski definition) is 1. The lowest BCUT2D eigenvalue weighted by molar-refractivity contribution is -0.140. The Balaban J connectivity index is -0.000000162. The molecule has 0 amide bonds. The molecule has 0 aromatic heterocycles. The van der Waals surface area contributed by atoms with Crippen molar-refractivity contribution < 1.29 is 9.53 Å². The number of carbonyl (C=O) groups is 1. The molecule has 0 unspecified atom stereocenters. The van der Waals surface area contributed by atoms with Crippen LogP contribution in [-0.4, -0.2) is 20.1 Å². The molecule has 1 aromatic carbocycles. The van der Waals surface area contributed by atoms with Crippen molar-refractivity contribution in [2.24, 2.45) is 5.73 Å². The van der Waals surface area contributed by atoms with E-state index in [9.17, 15) is 4.79 Å². The molecule has 0 spiro atoms. The first-order valence-electron chi connectivity index (χ1n) is 5.45. The summed E-state index contributed by atoms with van der Waals surface area (Å²) in [5, 5.41) is 0. The molecule has 0 aliphatic rings. The van der Waals surface area contributed by atoms with Gasteiger partial charge in [-0.2, -0.15) is 0 Å². The van der Waals surface area contributed by atoms with Crippen molar-refractivity contribution in [3.8, 4) is 0 Å². The van der Waals surface area contributed by atoms with E-state index in [1.54, 1.807) is 6.92 Å². The molecule has 94 valence electrons. The summed E-state index contributed by atoms with van der Waals surface area (Å²) in [5.74, 6) is -0.157. The van der Waals surface area contributed by atoms with Crippen molar-refractivity contribution in [3.05, 3.63) is 36.4 Å². The fourth-order valence-corrected chi connectivity index (χ4v) is 0.529. The summed E-state index contributed by atoms with van der Waals surface area (Å²) in [4.78, 5) is 9.96. The van der Waals surface area contributed by atoms with Crippen molar-refractivity contribution in [1.29, 1.82) is 0 Å². The van der Waals surface area contributed by atoms with Crippen LogP contribution >= 0.6 is 0 Å². The molecule has 0 radical (unpaired) electrons. The van der Waals surface area contributed by atoms with Crippen molar-refractivity contribution in [2.45, 2.75) is 27.2 Å². The lowest BCUT2D eigenvalue weighted by atomic mass is 10.4. The Labute approximate surface area is 99.6 Å². The molecule has 0 bridgehead atoms. The van der Waals surface area contributed by atoms with Crippen LogP contribution in [-0.2, 0) is 9.53 Å². The average Bonchev–Trinajstić information content (AvgIpc) is 2.45. The Bertz CT molecular complexity index is 168. The molecule has 0 saturated heterocycles. The molecular formula is C13H25NO2. The van der Waals surface area contributed by atoms with Gasteiger partial charge in [-0.15, -0.1) is 0 Å². The SMILES string of the molecule is CC.CCC(=O)OC.CN.c1ccccc1. The molecule has 1 rings (SSSR count). The zero-order chi connectivity index (χ0) is 13.2. The monoisotopic (exact) mass is 227 g/mol. The fraction of sp³-hybridized carbons (Fsp3) is 0.462. The van der Waals surface area contributed by atoms with Crippen molar-refractivity contribution in [2.75, 3.05) is 14.2 Å². The molecule has 0 aliphatic heterocycles. The highest BCUT2D eigenvalue weighted by molar-refractivity contribution is 5.68. The van der Waals surface area contributed by atoms with E-state index >= 15 is 0 Å². The topological polar surface area (TPSA) is 52.3 Å². The van der Waals surface area contributed by atoms with Gasteiger partial charge in [-0.25, -0.2) is 0 Å². The van der Waals surface area contributed by atoms with Crippen molar-refractivity contribution >= 4 is 5.97 Å². The molecule has 0 heterocycles. The third-order valence-corrected chi connectivity index (χ3v) is 1.18. The maximum atomic E-state index is 9.96. The van der Waals surface area contributed by atoms with Crippen LogP contribution in [0.3, 0.4) is 0 Å². The second-order valence-corrected chi connectivity index (χ2v) is 2.08. The van der Waals surface area contributed by atoms with E-state index in [4.69, 9.17) is 0 Å². The summed E-state index contributed by atoms with van der Waals surface area (Å²) in [6.45, 7) is 5.76. The molecular weight excluding hydrogens is 202 g/mol. The molecule has 3 heteroatoms. The van der Waals surface area contributed by atoms with E-state index in [2.05, 4.69) is 10.5 Å². The van der Waals surface area contributed by atoms with E-state index in [0.717, 1.165) is 0 Å². The molecule has 3 nitrogen and oxygen atoms in total. The van der Waals surface area contributed by atoms with Crippen molar-refractivity contribution in [1.82, 2.24) is 0 Å². The van der Waals surface area contributed by atoms with Crippen LogP contribution < -0.4 is 5.73 Å². The van der Waals surface area contributed by atoms with Crippen LogP contribution in [0.1, 0.15) is 27.2 Å². The second kappa shape index (κ2) is 23.5. The van der Waals surface area contributed by atoms with Gasteiger partial charge in [0.1, 0.15) is 0 Å². The number of hydrogen-bond acceptors (Lipinski definition) is 3. The Morgan fingerprint density at radius 3 is 1.31 bits per heavy atom. The van der Waals surface area contributed by atoms with Gasteiger partial charge >= 0.3 is 5.97 Å². The number of rotatable bonds is 1. The van der Waals surface area contributed by atoms with Gasteiger partial charge in [0, 0.05) is 6.42 Å². The van der Waals surface area contributed by atoms with Crippen molar-refractivity contribution in [3.63, 3.8) is 0 Å². The summed E-state index contributed by atoms with van der Waals surface area (Å²) in [6.07, 6.45) is 0.469. The van der Waals surface area contributed by atoms with E-state index in [1.165, 1.54) is 14.2 Å². The van der Waals surface area contributed by atoms with Gasteiger partial charge in [0.05, 0.1) is 7.11 Å². The summed E-state index contributed by atoms with van der Waals surface area (Å²) in [5.41, 5.74) is 4.50. The average molecular weight is 227 g/mol. The third kappa shape index (κ3) is 22.9. The zero-order valence-corrected chi connectivity index (χ0v) is 11.1. The third-order valence-electron chi connectivity index (χ3n) is 1.18. The van der Waals surface area contributed by atoms with E-state index in [1.807, 2.05) is 50.2 Å². The molecule has 0 fully saturated rings. The number of methoxy groups -OCH3 is 1. The van der Waals surface area contributed by atoms with E-state index in [0.29, 0.717) is 6.42 Å². The highest BCUT2D eigenvalue weighted by atomic mass is 16.5. The largest absolute Gasteiger partial charge is 0.469 e. The Kier molecular flexibility index (Phi) is 29.5. The minimum Gasteiger partial charge on any atom is -0.469 e. The highest BCUT2D eigenvalue weighted by Crippen LogP contribution is 1.79. The molecule has 1 aromatic rings. The van der Waals surface area contributed by atoms with Crippen LogP contribution in [0, 0.1) is 0 Å². The van der Waals surface area contributed by atoms with Crippen LogP contribution in [0.2, 0.25) is 0 Å². The first-order valence-corrected chi connectivity index (χ1v) is 5.45. The smallest absolute Gasteiger partial charge is 0.305 e. The number of ether oxygens (including phenoxy) is 1. The highest BCUT2D eigenvalue weighted by Gasteiger charge is 1.87. The molecule has 16 heavy (non-hydrogen) atoms. The zero-order valence-electron chi connectivity index (χ0n) is 11.1. The van der Waals surface area contributed by atoms with Gasteiger partial charge in [0.15, 0.2) is 0 Å². The minimum atomic E-state index is -0.157. The summed E-state index contributed by atoms with van der Waals surface area (Å²) >= 11 is 0. The maximum absolute atomic E-state index is 9.96. The number of benzene rings is 1. The minimum absolute atomic E-state index is 0.157. The predicted molar refractivity (Wildman–Crippen MR) is 70.2 cm³/mol. The van der Waals surface area contributed by atoms with Crippen LogP contribution in [0.5, 0.6) is 0 Å². The first kappa shape index (κ1) is 20.1. The van der Waals surface area contributed by atoms with Crippen LogP contribution in [0.25, 0.3) is 0 Å². The number of esters is 1. The van der Waals surface area contributed by atoms with Gasteiger partial charge in [-0.3, -0.25) is 4.79 Å². The van der Waals surface area contributed by atoms with Gasteiger partial charge in [-0.1, -0.05) is 57.2 Å². The maximum Gasteiger partial charge on any atom is 0.305 e. The Hall–Kier alpha value is -1.35. The van der Waals surface area contributed by atoms with Gasteiger partial charge in [-0.05, 0) is 7.05 Å².